The van der Waals surface area contributed by atoms with E-state index < -0.39 is 0 Å². The molecule has 0 radical (unpaired) electrons. The minimum atomic E-state index is 0.681. The van der Waals surface area contributed by atoms with Crippen molar-refractivity contribution < 1.29 is 9.15 Å². The maximum absolute atomic E-state index is 5.48. The SMILES string of the molecule is COCCNCc1ncoc1-c1cccc(I)c1. The van der Waals surface area contributed by atoms with Gasteiger partial charge < -0.3 is 14.5 Å². The number of nitrogens with one attached hydrogen (secondary N) is 1. The van der Waals surface area contributed by atoms with Crippen LogP contribution >= 0.6 is 22.6 Å². The molecule has 0 saturated heterocycles. The number of nitrogens with zero attached hydrogens (tertiary/aromatic N) is 1. The number of rotatable bonds is 6. The highest BCUT2D eigenvalue weighted by atomic mass is 127. The Morgan fingerprint density at radius 2 is 2.33 bits per heavy atom. The van der Waals surface area contributed by atoms with Crippen LogP contribution in [0.15, 0.2) is 35.1 Å². The summed E-state index contributed by atoms with van der Waals surface area (Å²) >= 11 is 2.29. The van der Waals surface area contributed by atoms with E-state index in [1.54, 1.807) is 7.11 Å². The number of methoxy groups -OCH3 is 1. The minimum absolute atomic E-state index is 0.681. The number of ether oxygens (including phenoxy) is 1. The van der Waals surface area contributed by atoms with Crippen molar-refractivity contribution in [2.24, 2.45) is 0 Å². The topological polar surface area (TPSA) is 47.3 Å². The van der Waals surface area contributed by atoms with E-state index in [0.29, 0.717) is 13.2 Å². The Morgan fingerprint density at radius 1 is 1.44 bits per heavy atom. The van der Waals surface area contributed by atoms with Gasteiger partial charge in [0.2, 0.25) is 0 Å². The summed E-state index contributed by atoms with van der Waals surface area (Å²) in [4.78, 5) is 4.25. The Balaban J connectivity index is 2.08. The molecule has 1 aromatic carbocycles. The largest absolute Gasteiger partial charge is 0.443 e. The summed E-state index contributed by atoms with van der Waals surface area (Å²) in [6.07, 6.45) is 1.49. The van der Waals surface area contributed by atoms with E-state index in [1.165, 1.54) is 9.96 Å². The summed E-state index contributed by atoms with van der Waals surface area (Å²) in [5.74, 6) is 0.832. The highest BCUT2D eigenvalue weighted by Gasteiger charge is 2.10. The van der Waals surface area contributed by atoms with E-state index in [2.05, 4.69) is 45.0 Å². The van der Waals surface area contributed by atoms with Crippen molar-refractivity contribution in [2.45, 2.75) is 6.54 Å². The summed E-state index contributed by atoms with van der Waals surface area (Å²) in [7, 11) is 1.69. The second-order valence-corrected chi connectivity index (χ2v) is 5.05. The van der Waals surface area contributed by atoms with Gasteiger partial charge in [0.1, 0.15) is 5.69 Å². The first-order valence-electron chi connectivity index (χ1n) is 5.69. The second kappa shape index (κ2) is 6.86. The molecule has 4 nitrogen and oxygen atoms in total. The first kappa shape index (κ1) is 13.5. The van der Waals surface area contributed by atoms with Gasteiger partial charge >= 0.3 is 0 Å². The average Bonchev–Trinajstić information content (AvgIpc) is 2.83. The maximum atomic E-state index is 5.48. The van der Waals surface area contributed by atoms with Crippen LogP contribution in [0, 0.1) is 3.57 Å². The zero-order valence-electron chi connectivity index (χ0n) is 10.1. The third-order valence-electron chi connectivity index (χ3n) is 2.50. The Morgan fingerprint density at radius 3 is 3.11 bits per heavy atom. The van der Waals surface area contributed by atoms with Crippen molar-refractivity contribution in [3.8, 4) is 11.3 Å². The first-order valence-corrected chi connectivity index (χ1v) is 6.77. The lowest BCUT2D eigenvalue weighted by Crippen LogP contribution is -2.19. The summed E-state index contributed by atoms with van der Waals surface area (Å²) in [5, 5.41) is 3.26. The summed E-state index contributed by atoms with van der Waals surface area (Å²) in [6.45, 7) is 2.17. The quantitative estimate of drug-likeness (QED) is 0.637. The lowest BCUT2D eigenvalue weighted by atomic mass is 10.1. The molecule has 1 aromatic heterocycles. The predicted octanol–water partition coefficient (Wildman–Crippen LogP) is 2.68. The van der Waals surface area contributed by atoms with Crippen molar-refractivity contribution >= 4 is 22.6 Å². The minimum Gasteiger partial charge on any atom is -0.443 e. The van der Waals surface area contributed by atoms with Crippen molar-refractivity contribution in [2.75, 3.05) is 20.3 Å². The van der Waals surface area contributed by atoms with Crippen LogP contribution in [0.3, 0.4) is 0 Å². The van der Waals surface area contributed by atoms with Gasteiger partial charge in [0.25, 0.3) is 0 Å². The fraction of sp³-hybridized carbons (Fsp3) is 0.308. The second-order valence-electron chi connectivity index (χ2n) is 3.81. The molecule has 0 fully saturated rings. The molecule has 0 atom stereocenters. The molecule has 96 valence electrons. The molecule has 0 bridgehead atoms. The highest BCUT2D eigenvalue weighted by Crippen LogP contribution is 2.24. The van der Waals surface area contributed by atoms with Crippen LogP contribution in [-0.4, -0.2) is 25.2 Å². The van der Waals surface area contributed by atoms with Gasteiger partial charge in [0, 0.05) is 29.3 Å². The molecule has 0 aliphatic heterocycles. The van der Waals surface area contributed by atoms with E-state index in [1.807, 2.05) is 12.1 Å². The molecule has 0 aliphatic rings. The van der Waals surface area contributed by atoms with Gasteiger partial charge in [-0.25, -0.2) is 4.98 Å². The van der Waals surface area contributed by atoms with Crippen molar-refractivity contribution in [1.82, 2.24) is 10.3 Å². The number of benzene rings is 1. The standard InChI is InChI=1S/C13H15IN2O2/c1-17-6-5-15-8-12-13(18-9-16-12)10-3-2-4-11(14)7-10/h2-4,7,9,15H,5-6,8H2,1H3. The third-order valence-corrected chi connectivity index (χ3v) is 3.17. The molecule has 1 N–H and O–H groups in total. The van der Waals surface area contributed by atoms with Crippen LogP contribution in [0.4, 0.5) is 0 Å². The molecule has 2 rings (SSSR count). The van der Waals surface area contributed by atoms with Gasteiger partial charge in [-0.15, -0.1) is 0 Å². The zero-order chi connectivity index (χ0) is 12.8. The number of hydrogen-bond acceptors (Lipinski definition) is 4. The summed E-state index contributed by atoms with van der Waals surface area (Å²) in [6, 6.07) is 8.18. The van der Waals surface area contributed by atoms with Gasteiger partial charge in [-0.3, -0.25) is 0 Å². The third kappa shape index (κ3) is 3.54. The highest BCUT2D eigenvalue weighted by molar-refractivity contribution is 14.1. The summed E-state index contributed by atoms with van der Waals surface area (Å²) < 4.78 is 11.6. The normalized spacial score (nSPS) is 10.8. The van der Waals surface area contributed by atoms with E-state index in [-0.39, 0.29) is 0 Å². The molecule has 1 heterocycles. The Kier molecular flexibility index (Phi) is 5.15. The Bertz CT molecular complexity index is 499. The number of aromatic nitrogens is 1. The molecule has 2 aromatic rings. The van der Waals surface area contributed by atoms with Crippen molar-refractivity contribution in [3.05, 3.63) is 39.9 Å². The van der Waals surface area contributed by atoms with Gasteiger partial charge in [0.15, 0.2) is 12.2 Å². The zero-order valence-corrected chi connectivity index (χ0v) is 12.3. The number of oxazole rings is 1. The van der Waals surface area contributed by atoms with Gasteiger partial charge in [-0.05, 0) is 34.7 Å². The monoisotopic (exact) mass is 358 g/mol. The van der Waals surface area contributed by atoms with Crippen LogP contribution < -0.4 is 5.32 Å². The van der Waals surface area contributed by atoms with Crippen LogP contribution in [0.2, 0.25) is 0 Å². The average molecular weight is 358 g/mol. The van der Waals surface area contributed by atoms with Gasteiger partial charge in [-0.2, -0.15) is 0 Å². The molecule has 0 spiro atoms. The fourth-order valence-corrected chi connectivity index (χ4v) is 2.18. The smallest absolute Gasteiger partial charge is 0.181 e. The first-order chi connectivity index (χ1) is 8.81. The Hall–Kier alpha value is -0.920. The van der Waals surface area contributed by atoms with Gasteiger partial charge in [0.05, 0.1) is 6.61 Å². The van der Waals surface area contributed by atoms with Crippen molar-refractivity contribution in [1.29, 1.82) is 0 Å². The number of hydrogen-bond donors (Lipinski definition) is 1. The molecule has 0 saturated carbocycles. The molecule has 18 heavy (non-hydrogen) atoms. The molecule has 0 amide bonds. The lowest BCUT2D eigenvalue weighted by Gasteiger charge is -2.04. The lowest BCUT2D eigenvalue weighted by molar-refractivity contribution is 0.199. The fourth-order valence-electron chi connectivity index (χ4n) is 1.64. The van der Waals surface area contributed by atoms with E-state index >= 15 is 0 Å². The maximum Gasteiger partial charge on any atom is 0.181 e. The van der Waals surface area contributed by atoms with E-state index in [0.717, 1.165) is 23.6 Å². The van der Waals surface area contributed by atoms with E-state index in [4.69, 9.17) is 9.15 Å². The number of halogens is 1. The van der Waals surface area contributed by atoms with Gasteiger partial charge in [-0.1, -0.05) is 12.1 Å². The Labute approximate surface area is 120 Å². The van der Waals surface area contributed by atoms with Crippen molar-refractivity contribution in [3.63, 3.8) is 0 Å². The molecular formula is C13H15IN2O2. The molecule has 0 unspecified atom stereocenters. The van der Waals surface area contributed by atoms with Crippen LogP contribution in [0.5, 0.6) is 0 Å². The summed E-state index contributed by atoms with van der Waals surface area (Å²) in [5.41, 5.74) is 1.98. The van der Waals surface area contributed by atoms with Crippen LogP contribution in [-0.2, 0) is 11.3 Å². The molecule has 0 aliphatic carbocycles. The van der Waals surface area contributed by atoms with Crippen LogP contribution in [0.25, 0.3) is 11.3 Å². The van der Waals surface area contributed by atoms with Crippen LogP contribution in [0.1, 0.15) is 5.69 Å². The molecule has 5 heteroatoms. The predicted molar refractivity (Wildman–Crippen MR) is 78.2 cm³/mol. The van der Waals surface area contributed by atoms with E-state index in [9.17, 15) is 0 Å². The molecular weight excluding hydrogens is 343 g/mol.